The minimum atomic E-state index is -1.14. The predicted molar refractivity (Wildman–Crippen MR) is 22.6 cm³/mol. The number of primary amides is 1. The second-order valence-corrected chi connectivity index (χ2v) is 0.879. The van der Waals surface area contributed by atoms with Crippen LogP contribution in [0.4, 0.5) is 4.39 Å². The predicted octanol–water partition coefficient (Wildman–Crippen LogP) is -0.759. The van der Waals surface area contributed by atoms with E-state index in [-0.39, 0.29) is 0 Å². The van der Waals surface area contributed by atoms with Gasteiger partial charge in [0.2, 0.25) is 5.83 Å². The van der Waals surface area contributed by atoms with Gasteiger partial charge in [-0.3, -0.25) is 4.79 Å². The summed E-state index contributed by atoms with van der Waals surface area (Å²) < 4.78 is 11.5. The highest BCUT2D eigenvalue weighted by Crippen LogP contribution is 1.87. The second kappa shape index (κ2) is 2.17. The van der Waals surface area contributed by atoms with Gasteiger partial charge in [0.25, 0.3) is 5.91 Å². The van der Waals surface area contributed by atoms with Gasteiger partial charge in [0.15, 0.2) is 0 Å². The van der Waals surface area contributed by atoms with Crippen molar-refractivity contribution >= 4 is 5.91 Å². The lowest BCUT2D eigenvalue weighted by Gasteiger charge is -1.80. The average Bonchev–Trinajstić information content (AvgIpc) is 1.65. The number of carbonyl (C=O) groups excluding carboxylic acids is 1. The smallest absolute Gasteiger partial charge is 0.278 e. The quantitative estimate of drug-likeness (QED) is 0.429. The standard InChI is InChI=1S/C3H5FN2O/c4-2(1-5)3(6)7/h1H,5H2,(H2,6,7). The number of rotatable bonds is 1. The SMILES string of the molecule is NC=C(F)C(N)=O. The van der Waals surface area contributed by atoms with Crippen LogP contribution in [0.25, 0.3) is 0 Å². The van der Waals surface area contributed by atoms with Gasteiger partial charge < -0.3 is 11.5 Å². The van der Waals surface area contributed by atoms with Crippen molar-refractivity contribution < 1.29 is 9.18 Å². The maximum atomic E-state index is 11.5. The molecule has 4 N–H and O–H groups in total. The van der Waals surface area contributed by atoms with E-state index in [0.29, 0.717) is 6.20 Å². The summed E-state index contributed by atoms with van der Waals surface area (Å²) in [6.45, 7) is 0. The van der Waals surface area contributed by atoms with Crippen LogP contribution in [-0.4, -0.2) is 5.91 Å². The van der Waals surface area contributed by atoms with E-state index in [9.17, 15) is 9.18 Å². The molecular weight excluding hydrogens is 99.0 g/mol. The molecule has 0 aliphatic heterocycles. The topological polar surface area (TPSA) is 69.1 Å². The summed E-state index contributed by atoms with van der Waals surface area (Å²) in [6, 6.07) is 0. The highest BCUT2D eigenvalue weighted by atomic mass is 19.1. The zero-order chi connectivity index (χ0) is 5.86. The van der Waals surface area contributed by atoms with Crippen LogP contribution in [0.1, 0.15) is 0 Å². The van der Waals surface area contributed by atoms with Crippen LogP contribution in [0.2, 0.25) is 0 Å². The fourth-order valence-electron chi connectivity index (χ4n) is 0.0821. The van der Waals surface area contributed by atoms with Crippen molar-refractivity contribution in [2.75, 3.05) is 0 Å². The van der Waals surface area contributed by atoms with Crippen molar-refractivity contribution in [3.8, 4) is 0 Å². The molecule has 0 atom stereocenters. The number of nitrogens with two attached hydrogens (primary N) is 2. The molecule has 0 aromatic carbocycles. The van der Waals surface area contributed by atoms with Gasteiger partial charge in [-0.05, 0) is 0 Å². The molecule has 0 unspecified atom stereocenters. The largest absolute Gasteiger partial charge is 0.402 e. The molecule has 3 nitrogen and oxygen atoms in total. The zero-order valence-electron chi connectivity index (χ0n) is 3.52. The third-order valence-corrected chi connectivity index (χ3v) is 0.382. The number of hydrogen-bond donors (Lipinski definition) is 2. The minimum absolute atomic E-state index is 0.516. The Bertz CT molecular complexity index is 110. The fourth-order valence-corrected chi connectivity index (χ4v) is 0.0821. The minimum Gasteiger partial charge on any atom is -0.402 e. The summed E-state index contributed by atoms with van der Waals surface area (Å²) in [7, 11) is 0. The second-order valence-electron chi connectivity index (χ2n) is 0.879. The Balaban J connectivity index is 3.82. The lowest BCUT2D eigenvalue weighted by atomic mass is 10.5. The number of hydrogen-bond acceptors (Lipinski definition) is 2. The Labute approximate surface area is 39.8 Å². The van der Waals surface area contributed by atoms with Crippen LogP contribution in [0.15, 0.2) is 12.0 Å². The van der Waals surface area contributed by atoms with Crippen LogP contribution in [0.3, 0.4) is 0 Å². The summed E-state index contributed by atoms with van der Waals surface area (Å²) in [5.41, 5.74) is 8.92. The molecule has 0 aliphatic carbocycles. The van der Waals surface area contributed by atoms with Crippen molar-refractivity contribution in [1.82, 2.24) is 0 Å². The Kier molecular flexibility index (Phi) is 1.84. The molecule has 0 bridgehead atoms. The Hall–Kier alpha value is -1.06. The summed E-state index contributed by atoms with van der Waals surface area (Å²) in [6.07, 6.45) is 0.516. The van der Waals surface area contributed by atoms with Crippen molar-refractivity contribution in [1.29, 1.82) is 0 Å². The van der Waals surface area contributed by atoms with Gasteiger partial charge in [-0.1, -0.05) is 0 Å². The molecule has 0 spiro atoms. The molecule has 0 radical (unpaired) electrons. The number of halogens is 1. The number of carbonyl (C=O) groups is 1. The lowest BCUT2D eigenvalue weighted by molar-refractivity contribution is -0.115. The van der Waals surface area contributed by atoms with Crippen molar-refractivity contribution in [2.24, 2.45) is 11.5 Å². The van der Waals surface area contributed by atoms with Crippen molar-refractivity contribution in [2.45, 2.75) is 0 Å². The molecule has 0 aliphatic rings. The molecule has 0 rings (SSSR count). The van der Waals surface area contributed by atoms with Gasteiger partial charge in [0.05, 0.1) is 0 Å². The van der Waals surface area contributed by atoms with E-state index >= 15 is 0 Å². The molecule has 0 aromatic rings. The molecule has 0 fully saturated rings. The van der Waals surface area contributed by atoms with Crippen LogP contribution < -0.4 is 11.5 Å². The third kappa shape index (κ3) is 1.75. The highest BCUT2D eigenvalue weighted by molar-refractivity contribution is 5.89. The van der Waals surface area contributed by atoms with Gasteiger partial charge >= 0.3 is 0 Å². The highest BCUT2D eigenvalue weighted by Gasteiger charge is 1.97. The van der Waals surface area contributed by atoms with Crippen LogP contribution in [0, 0.1) is 0 Å². The summed E-state index contributed by atoms with van der Waals surface area (Å²) in [5, 5.41) is 0. The lowest BCUT2D eigenvalue weighted by Crippen LogP contribution is -2.11. The molecule has 7 heavy (non-hydrogen) atoms. The van der Waals surface area contributed by atoms with E-state index < -0.39 is 11.7 Å². The molecule has 40 valence electrons. The first-order valence-electron chi connectivity index (χ1n) is 1.55. The molecule has 0 aromatic heterocycles. The van der Waals surface area contributed by atoms with E-state index in [1.54, 1.807) is 0 Å². The van der Waals surface area contributed by atoms with E-state index in [4.69, 9.17) is 0 Å². The van der Waals surface area contributed by atoms with E-state index in [2.05, 4.69) is 11.5 Å². The molecule has 0 saturated carbocycles. The van der Waals surface area contributed by atoms with Crippen molar-refractivity contribution in [3.05, 3.63) is 12.0 Å². The maximum Gasteiger partial charge on any atom is 0.278 e. The van der Waals surface area contributed by atoms with Gasteiger partial charge in [-0.2, -0.15) is 4.39 Å². The van der Waals surface area contributed by atoms with Crippen LogP contribution in [-0.2, 0) is 4.79 Å². The van der Waals surface area contributed by atoms with Gasteiger partial charge in [-0.15, -0.1) is 0 Å². The first-order valence-corrected chi connectivity index (χ1v) is 1.55. The summed E-state index contributed by atoms with van der Waals surface area (Å²) >= 11 is 0. The van der Waals surface area contributed by atoms with Gasteiger partial charge in [0.1, 0.15) is 0 Å². The Morgan fingerprint density at radius 2 is 2.14 bits per heavy atom. The molecule has 1 amide bonds. The van der Waals surface area contributed by atoms with Crippen LogP contribution in [0.5, 0.6) is 0 Å². The molecular formula is C3H5FN2O. The van der Waals surface area contributed by atoms with E-state index in [1.165, 1.54) is 0 Å². The summed E-state index contributed by atoms with van der Waals surface area (Å²) in [5.74, 6) is -2.25. The third-order valence-electron chi connectivity index (χ3n) is 0.382. The average molecular weight is 104 g/mol. The maximum absolute atomic E-state index is 11.5. The molecule has 0 heterocycles. The van der Waals surface area contributed by atoms with Gasteiger partial charge in [0, 0.05) is 6.20 Å². The zero-order valence-corrected chi connectivity index (χ0v) is 3.52. The first kappa shape index (κ1) is 5.94. The first-order chi connectivity index (χ1) is 3.18. The fraction of sp³-hybridized carbons (Fsp3) is 0. The normalized spacial score (nSPS) is 11.3. The summed E-state index contributed by atoms with van der Waals surface area (Å²) in [4.78, 5) is 9.63. The Morgan fingerprint density at radius 3 is 2.14 bits per heavy atom. The van der Waals surface area contributed by atoms with Crippen molar-refractivity contribution in [3.63, 3.8) is 0 Å². The number of amides is 1. The van der Waals surface area contributed by atoms with E-state index in [1.807, 2.05) is 0 Å². The molecule has 0 saturated heterocycles. The molecule has 4 heteroatoms. The van der Waals surface area contributed by atoms with E-state index in [0.717, 1.165) is 0 Å². The van der Waals surface area contributed by atoms with Crippen LogP contribution >= 0.6 is 0 Å². The monoisotopic (exact) mass is 104 g/mol. The Morgan fingerprint density at radius 1 is 1.71 bits per heavy atom. The van der Waals surface area contributed by atoms with Gasteiger partial charge in [-0.25, -0.2) is 0 Å².